The molecule has 5 rings (SSSR count). The average molecular weight is 590 g/mol. The van der Waals surface area contributed by atoms with Gasteiger partial charge in [0.25, 0.3) is 5.56 Å². The molecule has 1 N–H and O–H groups in total. The first kappa shape index (κ1) is 31.8. The number of H-pyrrole nitrogens is 1. The fourth-order valence-electron chi connectivity index (χ4n) is 4.97. The van der Waals surface area contributed by atoms with E-state index in [4.69, 9.17) is 14.2 Å². The van der Waals surface area contributed by atoms with E-state index in [-0.39, 0.29) is 56.9 Å². The zero-order valence-electron chi connectivity index (χ0n) is 24.6. The predicted molar refractivity (Wildman–Crippen MR) is 166 cm³/mol. The van der Waals surface area contributed by atoms with Crippen LogP contribution in [0.1, 0.15) is 50.7 Å². The molecule has 0 saturated heterocycles. The summed E-state index contributed by atoms with van der Waals surface area (Å²) in [4.78, 5) is 33.2. The van der Waals surface area contributed by atoms with Crippen molar-refractivity contribution in [2.45, 2.75) is 53.0 Å². The third kappa shape index (κ3) is 7.10. The fraction of sp³-hybridized carbons (Fsp3) is 0.273. The van der Waals surface area contributed by atoms with E-state index >= 15 is 0 Å². The van der Waals surface area contributed by atoms with Crippen LogP contribution in [0.15, 0.2) is 86.9 Å². The zero-order chi connectivity index (χ0) is 28.8. The van der Waals surface area contributed by atoms with Crippen LogP contribution in [0.2, 0.25) is 0 Å². The summed E-state index contributed by atoms with van der Waals surface area (Å²) in [5.41, 5.74) is 5.89. The first-order valence-electron chi connectivity index (χ1n) is 14.1. The van der Waals surface area contributed by atoms with Crippen molar-refractivity contribution < 1.29 is 9.26 Å². The summed E-state index contributed by atoms with van der Waals surface area (Å²) in [6.07, 6.45) is 3.21. The van der Waals surface area contributed by atoms with Crippen LogP contribution in [0.4, 0.5) is 0 Å². The number of ether oxygens (including phenoxy) is 1. The molecule has 0 aliphatic heterocycles. The maximum absolute atomic E-state index is 14.0. The van der Waals surface area contributed by atoms with Crippen molar-refractivity contribution in [2.24, 2.45) is 0 Å². The number of aromatic nitrogens is 4. The van der Waals surface area contributed by atoms with Gasteiger partial charge in [0.2, 0.25) is 0 Å². The third-order valence-electron chi connectivity index (χ3n) is 6.98. The summed E-state index contributed by atoms with van der Waals surface area (Å²) in [6.45, 7) is 7.27. The largest absolute Gasteiger partial charge is 0.494 e. The number of benzene rings is 3. The van der Waals surface area contributed by atoms with Gasteiger partial charge < -0.3 is 4.74 Å². The Bertz CT molecular complexity index is 1740. The van der Waals surface area contributed by atoms with Gasteiger partial charge in [0.15, 0.2) is 5.82 Å². The van der Waals surface area contributed by atoms with Gasteiger partial charge in [-0.15, -0.1) is 0 Å². The fourth-order valence-corrected chi connectivity index (χ4v) is 4.97. The average Bonchev–Trinajstić information content (AvgIpc) is 3.44. The molecule has 5 aromatic rings. The molecule has 0 fully saturated rings. The van der Waals surface area contributed by atoms with E-state index in [0.29, 0.717) is 37.4 Å². The Hall–Kier alpha value is -3.08. The molecule has 8 nitrogen and oxygen atoms in total. The smallest absolute Gasteiger partial charge is 0.439 e. The first-order valence-corrected chi connectivity index (χ1v) is 14.1. The monoisotopic (exact) mass is 589 g/mol. The number of aromatic amines is 1. The summed E-state index contributed by atoms with van der Waals surface area (Å²) < 4.78 is 12.3. The molecule has 2 aromatic heterocycles. The first-order chi connectivity index (χ1) is 20.0. The van der Waals surface area contributed by atoms with Crippen LogP contribution in [0, 0.1) is 0 Å². The summed E-state index contributed by atoms with van der Waals surface area (Å²) in [5, 5.41) is 3.85. The van der Waals surface area contributed by atoms with Gasteiger partial charge in [-0.05, 0) is 53.6 Å². The number of hydrogen-bond acceptors (Lipinski definition) is 6. The van der Waals surface area contributed by atoms with E-state index in [1.165, 1.54) is 0 Å². The summed E-state index contributed by atoms with van der Waals surface area (Å²) >= 11 is 0. The molecule has 2 heterocycles. The third-order valence-corrected chi connectivity index (χ3v) is 6.98. The second-order valence-electron chi connectivity index (χ2n) is 9.90. The van der Waals surface area contributed by atoms with Crippen molar-refractivity contribution in [3.8, 4) is 39.4 Å². The standard InChI is InChI=1S/C33H34N4O4.K/c1-4-9-29-34-28(6-3)30(24-16-18-25(19-17-24)40-20-5-2)32(38)37(29)21-22-12-14-23(15-13-22)26-10-7-8-11-27(26)31-35-33(39)41-36-31;/h7-8,10-19H,4-6,9,20-21H2,1-3H3,(H,35,36,39);. The minimum atomic E-state index is -0.596. The maximum Gasteiger partial charge on any atom is 0.439 e. The van der Waals surface area contributed by atoms with Crippen molar-refractivity contribution >= 4 is 51.4 Å². The molecule has 1 radical (unpaired) electrons. The number of nitrogens with zero attached hydrogens (tertiary/aromatic N) is 3. The molecule has 0 amide bonds. The van der Waals surface area contributed by atoms with Crippen molar-refractivity contribution in [1.29, 1.82) is 0 Å². The number of aryl methyl sites for hydroxylation is 2. The number of hydrogen-bond donors (Lipinski definition) is 1. The van der Waals surface area contributed by atoms with Gasteiger partial charge in [0, 0.05) is 63.4 Å². The van der Waals surface area contributed by atoms with Crippen LogP contribution in [-0.2, 0) is 19.4 Å². The topological polar surface area (TPSA) is 103 Å². The van der Waals surface area contributed by atoms with Crippen molar-refractivity contribution in [2.75, 3.05) is 6.61 Å². The Morgan fingerprint density at radius 2 is 1.55 bits per heavy atom. The zero-order valence-corrected chi connectivity index (χ0v) is 27.8. The van der Waals surface area contributed by atoms with Crippen molar-refractivity contribution in [1.82, 2.24) is 19.7 Å². The molecule has 0 spiro atoms. The molecule has 0 aliphatic rings. The Labute approximate surface area is 287 Å². The van der Waals surface area contributed by atoms with Crippen LogP contribution in [-0.4, -0.2) is 77.7 Å². The van der Waals surface area contributed by atoms with Gasteiger partial charge >= 0.3 is 5.76 Å². The Morgan fingerprint density at radius 1 is 0.857 bits per heavy atom. The summed E-state index contributed by atoms with van der Waals surface area (Å²) in [5.74, 6) is 1.37. The molecule has 0 atom stereocenters. The Morgan fingerprint density at radius 3 is 2.17 bits per heavy atom. The van der Waals surface area contributed by atoms with Gasteiger partial charge in [-0.25, -0.2) is 9.78 Å². The molecule has 9 heteroatoms. The van der Waals surface area contributed by atoms with Gasteiger partial charge in [0.05, 0.1) is 24.4 Å². The van der Waals surface area contributed by atoms with Crippen molar-refractivity contribution in [3.63, 3.8) is 0 Å². The molecule has 0 aliphatic carbocycles. The molecule has 3 aromatic carbocycles. The van der Waals surface area contributed by atoms with Gasteiger partial charge in [-0.1, -0.05) is 86.6 Å². The van der Waals surface area contributed by atoms with Crippen molar-refractivity contribution in [3.05, 3.63) is 111 Å². The van der Waals surface area contributed by atoms with Crippen LogP contribution < -0.4 is 16.1 Å². The van der Waals surface area contributed by atoms with Crippen LogP contribution in [0.3, 0.4) is 0 Å². The van der Waals surface area contributed by atoms with Crippen LogP contribution >= 0.6 is 0 Å². The number of nitrogens with one attached hydrogen (secondary N) is 1. The normalized spacial score (nSPS) is 10.8. The second-order valence-corrected chi connectivity index (χ2v) is 9.90. The maximum atomic E-state index is 14.0. The summed E-state index contributed by atoms with van der Waals surface area (Å²) in [7, 11) is 0. The van der Waals surface area contributed by atoms with Gasteiger partial charge in [0.1, 0.15) is 11.6 Å². The van der Waals surface area contributed by atoms with E-state index < -0.39 is 5.76 Å². The quantitative estimate of drug-likeness (QED) is 0.193. The molecule has 0 bridgehead atoms. The minimum Gasteiger partial charge on any atom is -0.494 e. The Balaban J connectivity index is 0.00000405. The predicted octanol–water partition coefficient (Wildman–Crippen LogP) is 5.89. The SMILES string of the molecule is CCCOc1ccc(-c2c(CC)nc(CCC)n(Cc3ccc(-c4ccccc4-c4noc(=O)[nH]4)cc3)c2=O)cc1.[K]. The van der Waals surface area contributed by atoms with Gasteiger partial charge in [-0.3, -0.25) is 18.9 Å². The minimum absolute atomic E-state index is 0. The molecular weight excluding hydrogens is 555 g/mol. The van der Waals surface area contributed by atoms with E-state index in [1.54, 1.807) is 0 Å². The summed E-state index contributed by atoms with van der Waals surface area (Å²) in [6, 6.07) is 23.5. The second kappa shape index (κ2) is 14.9. The van der Waals surface area contributed by atoms with E-state index in [9.17, 15) is 9.59 Å². The van der Waals surface area contributed by atoms with Gasteiger partial charge in [-0.2, -0.15) is 0 Å². The molecule has 0 unspecified atom stereocenters. The van der Waals surface area contributed by atoms with E-state index in [0.717, 1.165) is 57.9 Å². The van der Waals surface area contributed by atoms with E-state index in [2.05, 4.69) is 24.0 Å². The molecule has 211 valence electrons. The molecular formula is C33H34KN4O4. The van der Waals surface area contributed by atoms with Crippen LogP contribution in [0.5, 0.6) is 5.75 Å². The molecule has 42 heavy (non-hydrogen) atoms. The Kier molecular flexibility index (Phi) is 11.3. The van der Waals surface area contributed by atoms with E-state index in [1.807, 2.05) is 84.3 Å². The molecule has 0 saturated carbocycles. The number of rotatable bonds is 11. The van der Waals surface area contributed by atoms with Crippen LogP contribution in [0.25, 0.3) is 33.6 Å².